The lowest BCUT2D eigenvalue weighted by molar-refractivity contribution is 0.369. The third-order valence-corrected chi connectivity index (χ3v) is 3.50. The number of nitrogens with zero attached hydrogens (tertiary/aromatic N) is 2. The summed E-state index contributed by atoms with van der Waals surface area (Å²) in [5.41, 5.74) is 2.34. The summed E-state index contributed by atoms with van der Waals surface area (Å²) in [6.45, 7) is 0.147. The van der Waals surface area contributed by atoms with Crippen LogP contribution in [0.5, 0.6) is 5.75 Å². The van der Waals surface area contributed by atoms with Gasteiger partial charge in [0.2, 0.25) is 0 Å². The van der Waals surface area contributed by atoms with E-state index in [0.29, 0.717) is 22.4 Å². The van der Waals surface area contributed by atoms with E-state index in [-0.39, 0.29) is 6.61 Å². The predicted octanol–water partition coefficient (Wildman–Crippen LogP) is 4.40. The van der Waals surface area contributed by atoms with Crippen LogP contribution >= 0.6 is 15.9 Å². The van der Waals surface area contributed by atoms with Crippen molar-refractivity contribution in [3.05, 3.63) is 63.6 Å². The third kappa shape index (κ3) is 4.24. The van der Waals surface area contributed by atoms with Crippen LogP contribution in [0.4, 0.5) is 0 Å². The van der Waals surface area contributed by atoms with Crippen molar-refractivity contribution in [2.45, 2.75) is 0 Å². The minimum atomic E-state index is 0.147. The van der Waals surface area contributed by atoms with Crippen LogP contribution < -0.4 is 4.74 Å². The fourth-order valence-electron chi connectivity index (χ4n) is 1.97. The Kier molecular flexibility index (Phi) is 5.59. The molecule has 23 heavy (non-hydrogen) atoms. The number of ether oxygens (including phenoxy) is 1. The molecule has 0 heterocycles. The molecule has 2 rings (SSSR count). The van der Waals surface area contributed by atoms with Gasteiger partial charge in [0.25, 0.3) is 0 Å². The molecule has 2 aromatic rings. The summed E-state index contributed by atoms with van der Waals surface area (Å²) in [5.74, 6) is 3.01. The number of terminal acetylenes is 1. The first kappa shape index (κ1) is 16.4. The summed E-state index contributed by atoms with van der Waals surface area (Å²) in [6, 6.07) is 16.6. The van der Waals surface area contributed by atoms with Gasteiger partial charge in [-0.1, -0.05) is 34.0 Å². The Balaban J connectivity index is 2.50. The van der Waals surface area contributed by atoms with Crippen LogP contribution in [0.2, 0.25) is 0 Å². The van der Waals surface area contributed by atoms with E-state index in [1.807, 2.05) is 12.1 Å². The highest BCUT2D eigenvalue weighted by atomic mass is 79.9. The lowest BCUT2D eigenvalue weighted by Gasteiger charge is -2.08. The van der Waals surface area contributed by atoms with Gasteiger partial charge in [0, 0.05) is 10.0 Å². The second-order valence-electron chi connectivity index (χ2n) is 4.54. The summed E-state index contributed by atoms with van der Waals surface area (Å²) >= 11 is 3.40. The van der Waals surface area contributed by atoms with E-state index in [0.717, 1.165) is 10.0 Å². The highest BCUT2D eigenvalue weighted by Crippen LogP contribution is 2.28. The summed E-state index contributed by atoms with van der Waals surface area (Å²) in [5, 5.41) is 18.4. The Bertz CT molecular complexity index is 879. The first-order valence-corrected chi connectivity index (χ1v) is 7.45. The molecule has 4 heteroatoms. The maximum Gasteiger partial charge on any atom is 0.148 e. The molecule has 0 unspecified atom stereocenters. The largest absolute Gasteiger partial charge is 0.480 e. The summed E-state index contributed by atoms with van der Waals surface area (Å²) in [4.78, 5) is 0. The fraction of sp³-hybridized carbons (Fsp3) is 0.0526. The van der Waals surface area contributed by atoms with Crippen LogP contribution in [0.25, 0.3) is 11.6 Å². The van der Waals surface area contributed by atoms with Crippen molar-refractivity contribution >= 4 is 27.6 Å². The Morgan fingerprint density at radius 2 is 2.04 bits per heavy atom. The zero-order chi connectivity index (χ0) is 16.7. The Hall–Kier alpha value is -3.00. The topological polar surface area (TPSA) is 56.8 Å². The van der Waals surface area contributed by atoms with Crippen molar-refractivity contribution in [3.63, 3.8) is 0 Å². The van der Waals surface area contributed by atoms with Crippen molar-refractivity contribution in [1.82, 2.24) is 0 Å². The molecule has 0 spiro atoms. The SMILES string of the molecule is C#CCOc1ccc(Br)cc1/C=C(/C#N)c1cccc(C#N)c1. The number of rotatable bonds is 4. The lowest BCUT2D eigenvalue weighted by Crippen LogP contribution is -1.96. The minimum Gasteiger partial charge on any atom is -0.480 e. The van der Waals surface area contributed by atoms with Crippen LogP contribution in [-0.4, -0.2) is 6.61 Å². The molecule has 0 aliphatic heterocycles. The normalized spacial score (nSPS) is 10.3. The van der Waals surface area contributed by atoms with Crippen molar-refractivity contribution in [2.75, 3.05) is 6.61 Å². The Labute approximate surface area is 143 Å². The number of benzene rings is 2. The standard InChI is InChI=1S/C19H11BrN2O/c1-2-8-23-19-7-6-18(20)11-16(19)10-17(13-22)15-5-3-4-14(9-15)12-21/h1,3-7,9-11H,8H2/b17-10-. The van der Waals surface area contributed by atoms with E-state index in [4.69, 9.17) is 16.4 Å². The number of nitriles is 2. The maximum absolute atomic E-state index is 9.45. The third-order valence-electron chi connectivity index (χ3n) is 3.01. The minimum absolute atomic E-state index is 0.147. The van der Waals surface area contributed by atoms with E-state index < -0.39 is 0 Å². The number of hydrogen-bond donors (Lipinski definition) is 0. The van der Waals surface area contributed by atoms with E-state index in [2.05, 4.69) is 34.0 Å². The van der Waals surface area contributed by atoms with Gasteiger partial charge in [-0.3, -0.25) is 0 Å². The molecule has 0 bridgehead atoms. The first-order valence-electron chi connectivity index (χ1n) is 6.66. The molecule has 0 aromatic heterocycles. The second kappa shape index (κ2) is 7.85. The van der Waals surface area contributed by atoms with Crippen LogP contribution in [-0.2, 0) is 0 Å². The number of halogens is 1. The fourth-order valence-corrected chi connectivity index (χ4v) is 2.35. The van der Waals surface area contributed by atoms with Crippen LogP contribution in [0.15, 0.2) is 46.9 Å². The van der Waals surface area contributed by atoms with Crippen molar-refractivity contribution in [3.8, 4) is 30.2 Å². The molecule has 3 nitrogen and oxygen atoms in total. The van der Waals surface area contributed by atoms with Gasteiger partial charge in [0.15, 0.2) is 0 Å². The summed E-state index contributed by atoms with van der Waals surface area (Å²) < 4.78 is 6.37. The Morgan fingerprint density at radius 1 is 1.22 bits per heavy atom. The molecule has 0 aliphatic carbocycles. The smallest absolute Gasteiger partial charge is 0.148 e. The predicted molar refractivity (Wildman–Crippen MR) is 93.1 cm³/mol. The van der Waals surface area contributed by atoms with E-state index in [9.17, 15) is 5.26 Å². The van der Waals surface area contributed by atoms with E-state index in [1.165, 1.54) is 0 Å². The quantitative estimate of drug-likeness (QED) is 0.460. The molecular weight excluding hydrogens is 352 g/mol. The average Bonchev–Trinajstić information content (AvgIpc) is 2.59. The maximum atomic E-state index is 9.45. The van der Waals surface area contributed by atoms with Gasteiger partial charge in [-0.25, -0.2) is 0 Å². The van der Waals surface area contributed by atoms with Crippen LogP contribution in [0.1, 0.15) is 16.7 Å². The summed E-state index contributed by atoms with van der Waals surface area (Å²) in [6.07, 6.45) is 6.94. The highest BCUT2D eigenvalue weighted by molar-refractivity contribution is 9.10. The molecule has 110 valence electrons. The van der Waals surface area contributed by atoms with Crippen molar-refractivity contribution < 1.29 is 4.74 Å². The average molecular weight is 363 g/mol. The summed E-state index contributed by atoms with van der Waals surface area (Å²) in [7, 11) is 0. The Morgan fingerprint density at radius 3 is 2.74 bits per heavy atom. The molecule has 0 amide bonds. The van der Waals surface area contributed by atoms with E-state index >= 15 is 0 Å². The molecule has 0 saturated carbocycles. The van der Waals surface area contributed by atoms with Gasteiger partial charge < -0.3 is 4.74 Å². The molecule has 0 N–H and O–H groups in total. The first-order chi connectivity index (χ1) is 11.2. The second-order valence-corrected chi connectivity index (χ2v) is 5.45. The molecule has 0 saturated heterocycles. The highest BCUT2D eigenvalue weighted by Gasteiger charge is 2.07. The molecule has 2 aromatic carbocycles. The van der Waals surface area contributed by atoms with Crippen LogP contribution in [0.3, 0.4) is 0 Å². The monoisotopic (exact) mass is 362 g/mol. The molecule has 0 aliphatic rings. The van der Waals surface area contributed by atoms with E-state index in [1.54, 1.807) is 36.4 Å². The molecular formula is C19H11BrN2O. The van der Waals surface area contributed by atoms with Crippen LogP contribution in [0, 0.1) is 35.0 Å². The van der Waals surface area contributed by atoms with Gasteiger partial charge in [0.1, 0.15) is 12.4 Å². The number of hydrogen-bond acceptors (Lipinski definition) is 3. The molecule has 0 fully saturated rings. The van der Waals surface area contributed by atoms with Crippen molar-refractivity contribution in [1.29, 1.82) is 10.5 Å². The van der Waals surface area contributed by atoms with Gasteiger partial charge in [-0.15, -0.1) is 6.42 Å². The number of allylic oxidation sites excluding steroid dienone is 1. The molecule has 0 radical (unpaired) electrons. The van der Waals surface area contributed by atoms with Gasteiger partial charge in [-0.2, -0.15) is 10.5 Å². The van der Waals surface area contributed by atoms with Gasteiger partial charge in [-0.05, 0) is 42.0 Å². The van der Waals surface area contributed by atoms with Crippen molar-refractivity contribution in [2.24, 2.45) is 0 Å². The molecule has 0 atom stereocenters. The zero-order valence-electron chi connectivity index (χ0n) is 12.1. The zero-order valence-corrected chi connectivity index (χ0v) is 13.7. The van der Waals surface area contributed by atoms with Gasteiger partial charge in [0.05, 0.1) is 23.3 Å². The van der Waals surface area contributed by atoms with Gasteiger partial charge >= 0.3 is 0 Å². The lowest BCUT2D eigenvalue weighted by atomic mass is 10.0.